The van der Waals surface area contributed by atoms with Crippen molar-refractivity contribution < 1.29 is 9.53 Å². The zero-order valence-corrected chi connectivity index (χ0v) is 7.91. The van der Waals surface area contributed by atoms with Gasteiger partial charge >= 0.3 is 6.47 Å². The van der Waals surface area contributed by atoms with Gasteiger partial charge in [0.15, 0.2) is 0 Å². The Morgan fingerprint density at radius 3 is 2.46 bits per heavy atom. The summed E-state index contributed by atoms with van der Waals surface area (Å²) in [5, 5.41) is 0. The maximum absolute atomic E-state index is 9.94. The predicted molar refractivity (Wildman–Crippen MR) is 51.1 cm³/mol. The van der Waals surface area contributed by atoms with E-state index in [1.54, 1.807) is 0 Å². The van der Waals surface area contributed by atoms with Crippen molar-refractivity contribution in [3.63, 3.8) is 0 Å². The van der Waals surface area contributed by atoms with E-state index in [2.05, 4.69) is 4.74 Å². The minimum absolute atomic E-state index is 0.140. The van der Waals surface area contributed by atoms with Crippen molar-refractivity contribution in [3.05, 3.63) is 35.9 Å². The molecule has 0 saturated carbocycles. The molecule has 0 saturated heterocycles. The molecule has 2 nitrogen and oxygen atoms in total. The lowest BCUT2D eigenvalue weighted by Crippen LogP contribution is -2.23. The summed E-state index contributed by atoms with van der Waals surface area (Å²) in [6.45, 7) is 5.86. The lowest BCUT2D eigenvalue weighted by molar-refractivity contribution is 0.215. The summed E-state index contributed by atoms with van der Waals surface area (Å²) < 4.78 is 4.65. The molecule has 0 fully saturated rings. The average molecular weight is 177 g/mol. The molecule has 0 N–H and O–H groups in total. The summed E-state index contributed by atoms with van der Waals surface area (Å²) in [5.74, 6) is 0. The van der Waals surface area contributed by atoms with Crippen LogP contribution < -0.4 is 0 Å². The van der Waals surface area contributed by atoms with E-state index in [4.69, 9.17) is 0 Å². The third-order valence-corrected chi connectivity index (χ3v) is 2.05. The first-order chi connectivity index (χ1) is 6.17. The number of benzene rings is 1. The molecule has 2 heteroatoms. The standard InChI is InChI=1S/C11H13O2/c1-11(2,8-13-9-12)10-6-4-3-5-7-10/h3-7H,8H2,1-2H3. The SMILES string of the molecule is CC(C)(CO[C]=O)c1ccccc1. The van der Waals surface area contributed by atoms with Crippen LogP contribution in [0.5, 0.6) is 0 Å². The van der Waals surface area contributed by atoms with Crippen LogP contribution in [0.2, 0.25) is 0 Å². The molecule has 0 aliphatic rings. The van der Waals surface area contributed by atoms with Gasteiger partial charge in [-0.15, -0.1) is 0 Å². The van der Waals surface area contributed by atoms with Gasteiger partial charge in [0.05, 0.1) is 0 Å². The summed E-state index contributed by atoms with van der Waals surface area (Å²) in [7, 11) is 0. The predicted octanol–water partition coefficient (Wildman–Crippen LogP) is 2.05. The van der Waals surface area contributed by atoms with Crippen LogP contribution in [0.3, 0.4) is 0 Å². The second kappa shape index (κ2) is 4.08. The Morgan fingerprint density at radius 2 is 1.92 bits per heavy atom. The molecule has 0 aliphatic heterocycles. The van der Waals surface area contributed by atoms with Gasteiger partial charge in [0.1, 0.15) is 6.61 Å². The van der Waals surface area contributed by atoms with Crippen LogP contribution in [0.25, 0.3) is 0 Å². The van der Waals surface area contributed by atoms with Gasteiger partial charge in [0, 0.05) is 5.41 Å². The van der Waals surface area contributed by atoms with Gasteiger partial charge in [-0.05, 0) is 5.56 Å². The van der Waals surface area contributed by atoms with Crippen molar-refractivity contribution in [2.75, 3.05) is 6.61 Å². The lowest BCUT2D eigenvalue weighted by Gasteiger charge is -2.23. The number of rotatable bonds is 4. The lowest BCUT2D eigenvalue weighted by atomic mass is 9.86. The Balaban J connectivity index is 2.74. The second-order valence-electron chi connectivity index (χ2n) is 3.62. The van der Waals surface area contributed by atoms with Crippen LogP contribution in [0.15, 0.2) is 30.3 Å². The number of carbonyl (C=O) groups excluding carboxylic acids is 1. The first-order valence-electron chi connectivity index (χ1n) is 4.21. The Hall–Kier alpha value is -1.31. The molecule has 1 aromatic carbocycles. The Bertz CT molecular complexity index is 265. The summed E-state index contributed by atoms with van der Waals surface area (Å²) in [6, 6.07) is 9.96. The van der Waals surface area contributed by atoms with E-state index >= 15 is 0 Å². The summed E-state index contributed by atoms with van der Waals surface area (Å²) in [5.41, 5.74) is 1.02. The van der Waals surface area contributed by atoms with Gasteiger partial charge in [-0.1, -0.05) is 44.2 Å². The van der Waals surface area contributed by atoms with Crippen LogP contribution in [-0.2, 0) is 14.9 Å². The number of ether oxygens (including phenoxy) is 1. The van der Waals surface area contributed by atoms with Gasteiger partial charge in [-0.2, -0.15) is 0 Å². The van der Waals surface area contributed by atoms with Crippen molar-refractivity contribution in [1.82, 2.24) is 0 Å². The van der Waals surface area contributed by atoms with Gasteiger partial charge < -0.3 is 4.74 Å². The van der Waals surface area contributed by atoms with Gasteiger partial charge in [0.25, 0.3) is 0 Å². The number of hydrogen-bond acceptors (Lipinski definition) is 2. The normalized spacial score (nSPS) is 10.9. The first kappa shape index (κ1) is 9.78. The van der Waals surface area contributed by atoms with Crippen molar-refractivity contribution in [2.24, 2.45) is 0 Å². The highest BCUT2D eigenvalue weighted by Gasteiger charge is 2.20. The van der Waals surface area contributed by atoms with Gasteiger partial charge in [0.2, 0.25) is 0 Å². The smallest absolute Gasteiger partial charge is 0.417 e. The van der Waals surface area contributed by atoms with Gasteiger partial charge in [-0.25, -0.2) is 4.79 Å². The highest BCUT2D eigenvalue weighted by molar-refractivity contribution is 5.38. The highest BCUT2D eigenvalue weighted by atomic mass is 16.5. The molecule has 69 valence electrons. The minimum atomic E-state index is -0.140. The molecule has 13 heavy (non-hydrogen) atoms. The Morgan fingerprint density at radius 1 is 1.31 bits per heavy atom. The highest BCUT2D eigenvalue weighted by Crippen LogP contribution is 2.22. The molecular formula is C11H13O2. The third kappa shape index (κ3) is 2.58. The molecule has 1 aromatic rings. The molecule has 1 radical (unpaired) electrons. The van der Waals surface area contributed by atoms with E-state index in [-0.39, 0.29) is 5.41 Å². The molecule has 0 spiro atoms. The van der Waals surface area contributed by atoms with E-state index in [1.807, 2.05) is 44.2 Å². The van der Waals surface area contributed by atoms with E-state index in [0.29, 0.717) is 6.61 Å². The molecule has 0 aromatic heterocycles. The zero-order valence-electron chi connectivity index (χ0n) is 7.91. The molecule has 0 unspecified atom stereocenters. The van der Waals surface area contributed by atoms with Crippen molar-refractivity contribution in [2.45, 2.75) is 19.3 Å². The molecule has 0 heterocycles. The fraction of sp³-hybridized carbons (Fsp3) is 0.364. The van der Waals surface area contributed by atoms with Crippen LogP contribution in [0, 0.1) is 0 Å². The van der Waals surface area contributed by atoms with Crippen molar-refractivity contribution in [1.29, 1.82) is 0 Å². The zero-order chi connectivity index (χ0) is 9.73. The molecule has 0 atom stereocenters. The topological polar surface area (TPSA) is 26.3 Å². The summed E-state index contributed by atoms with van der Waals surface area (Å²) >= 11 is 0. The molecule has 0 bridgehead atoms. The maximum atomic E-state index is 9.94. The maximum Gasteiger partial charge on any atom is 0.417 e. The Kier molecular flexibility index (Phi) is 3.07. The Labute approximate surface area is 78.5 Å². The third-order valence-electron chi connectivity index (χ3n) is 2.05. The van der Waals surface area contributed by atoms with Gasteiger partial charge in [-0.3, -0.25) is 0 Å². The average Bonchev–Trinajstić information content (AvgIpc) is 2.16. The summed E-state index contributed by atoms with van der Waals surface area (Å²) in [4.78, 5) is 9.94. The van der Waals surface area contributed by atoms with E-state index in [9.17, 15) is 4.79 Å². The van der Waals surface area contributed by atoms with Crippen molar-refractivity contribution in [3.8, 4) is 0 Å². The molecule has 0 aliphatic carbocycles. The molecular weight excluding hydrogens is 164 g/mol. The van der Waals surface area contributed by atoms with E-state index < -0.39 is 0 Å². The monoisotopic (exact) mass is 177 g/mol. The molecule has 0 amide bonds. The van der Waals surface area contributed by atoms with Crippen molar-refractivity contribution >= 4 is 6.47 Å². The largest absolute Gasteiger partial charge is 0.456 e. The van der Waals surface area contributed by atoms with Crippen LogP contribution in [0.1, 0.15) is 19.4 Å². The second-order valence-corrected chi connectivity index (χ2v) is 3.62. The van der Waals surface area contributed by atoms with Crippen LogP contribution >= 0.6 is 0 Å². The fourth-order valence-corrected chi connectivity index (χ4v) is 1.18. The van der Waals surface area contributed by atoms with E-state index in [0.717, 1.165) is 5.56 Å². The van der Waals surface area contributed by atoms with E-state index in [1.165, 1.54) is 6.47 Å². The fourth-order valence-electron chi connectivity index (χ4n) is 1.18. The number of hydrogen-bond donors (Lipinski definition) is 0. The van der Waals surface area contributed by atoms with Crippen LogP contribution in [-0.4, -0.2) is 13.1 Å². The quantitative estimate of drug-likeness (QED) is 0.703. The summed E-state index contributed by atoms with van der Waals surface area (Å²) in [6.07, 6.45) is 0. The molecule has 1 rings (SSSR count). The minimum Gasteiger partial charge on any atom is -0.456 e. The first-order valence-corrected chi connectivity index (χ1v) is 4.21. The van der Waals surface area contributed by atoms with Crippen LogP contribution in [0.4, 0.5) is 0 Å².